The smallest absolute Gasteiger partial charge is 0.309 e. The summed E-state index contributed by atoms with van der Waals surface area (Å²) in [5, 5.41) is 35.2. The molecule has 1 aliphatic carbocycles. The lowest BCUT2D eigenvalue weighted by molar-refractivity contribution is -0.239. The Morgan fingerprint density at radius 1 is 0.987 bits per heavy atom. The topological polar surface area (TPSA) is 179 Å². The Hall–Kier alpha value is -3.13. The average Bonchev–Trinajstić information content (AvgIpc) is 4.06. The quantitative estimate of drug-likeness (QED) is 0.131. The second kappa shape index (κ2) is 25.8. The van der Waals surface area contributed by atoms with E-state index in [0.29, 0.717) is 38.0 Å². The summed E-state index contributed by atoms with van der Waals surface area (Å²) in [5.41, 5.74) is -0.0277. The van der Waals surface area contributed by atoms with Gasteiger partial charge in [0, 0.05) is 81.4 Å². The maximum absolute atomic E-state index is 14.9. The van der Waals surface area contributed by atoms with Crippen molar-refractivity contribution in [3.63, 3.8) is 0 Å². The molecule has 4 heterocycles. The molecule has 16 nitrogen and oxygen atoms in total. The van der Waals surface area contributed by atoms with Crippen molar-refractivity contribution in [3.05, 3.63) is 47.3 Å². The van der Waals surface area contributed by atoms with Gasteiger partial charge in [-0.3, -0.25) is 9.59 Å². The van der Waals surface area contributed by atoms with Crippen molar-refractivity contribution in [3.8, 4) is 0 Å². The number of benzene rings is 1. The van der Waals surface area contributed by atoms with Gasteiger partial charge in [-0.25, -0.2) is 9.07 Å². The molecule has 75 heavy (non-hydrogen) atoms. The first-order valence-electron chi connectivity index (χ1n) is 28.1. The molecule has 1 amide bonds. The molecule has 0 bridgehead atoms. The first-order chi connectivity index (χ1) is 35.3. The van der Waals surface area contributed by atoms with Crippen molar-refractivity contribution in [1.29, 1.82) is 0 Å². The summed E-state index contributed by atoms with van der Waals surface area (Å²) in [5.74, 6) is -1.52. The first-order valence-corrected chi connectivity index (χ1v) is 28.1. The number of aliphatic hydroxyl groups excluding tert-OH is 2. The van der Waals surface area contributed by atoms with Gasteiger partial charge in [-0.1, -0.05) is 72.7 Å². The molecule has 1 aromatic heterocycles. The number of esters is 1. The van der Waals surface area contributed by atoms with Crippen LogP contribution in [0.4, 0.5) is 4.39 Å². The monoisotopic (exact) mass is 1060 g/mol. The van der Waals surface area contributed by atoms with Gasteiger partial charge in [0.1, 0.15) is 31.0 Å². The molecular weight excluding hydrogens is 960 g/mol. The van der Waals surface area contributed by atoms with Gasteiger partial charge >= 0.3 is 5.97 Å². The van der Waals surface area contributed by atoms with Gasteiger partial charge in [0.2, 0.25) is 0 Å². The Bertz CT molecular complexity index is 2130. The van der Waals surface area contributed by atoms with Crippen molar-refractivity contribution in [2.75, 3.05) is 54.7 Å². The standard InChI is InChI=1S/C58H97FN6O10/c1-17-48-57(10,11)51(66)38(6)64(14)31-34(2)28-56(8,9)53(36(4)49(37(5)55(69)75-48)47-29-58(12,71-16)52(67)39(7)74-47)72-33-45-27-44(26-35(3)73-45)63(13)25-24-43-32-65(62-61-43)46(30-59)50(70-15)40-18-20-41(21-19-40)54(68)60-42-22-23-42/h18-21,32,34-39,42,44-53,66-67H,17,22-31,33H2,1-16H3,(H,60,68)/t34-,35-,36+,37-,38-,39+,44+,45-,46-,47?,48-,49+,50-,51-,52+,53-,58-/m1/s1. The molecule has 3 aliphatic heterocycles. The van der Waals surface area contributed by atoms with Crippen LogP contribution < -0.4 is 5.32 Å². The zero-order valence-corrected chi connectivity index (χ0v) is 48.5. The van der Waals surface area contributed by atoms with E-state index in [0.717, 1.165) is 49.9 Å². The normalized spacial score (nSPS) is 36.2. The Morgan fingerprint density at radius 2 is 1.67 bits per heavy atom. The maximum atomic E-state index is 14.9. The van der Waals surface area contributed by atoms with Crippen LogP contribution in [0.15, 0.2) is 30.5 Å². The third kappa shape index (κ3) is 14.6. The lowest BCUT2D eigenvalue weighted by Gasteiger charge is -2.51. The van der Waals surface area contributed by atoms with Crippen LogP contribution in [0.5, 0.6) is 0 Å². The van der Waals surface area contributed by atoms with Crippen LogP contribution in [0.1, 0.15) is 162 Å². The molecule has 3 saturated heterocycles. The van der Waals surface area contributed by atoms with Crippen molar-refractivity contribution in [2.24, 2.45) is 34.5 Å². The second-order valence-corrected chi connectivity index (χ2v) is 25.0. The molecule has 17 atom stereocenters. The summed E-state index contributed by atoms with van der Waals surface area (Å²) < 4.78 is 55.6. The van der Waals surface area contributed by atoms with E-state index >= 15 is 0 Å². The Labute approximate surface area is 448 Å². The minimum Gasteiger partial charge on any atom is -0.461 e. The van der Waals surface area contributed by atoms with Crippen LogP contribution in [0.25, 0.3) is 0 Å². The molecule has 1 aromatic carbocycles. The largest absolute Gasteiger partial charge is 0.461 e. The minimum atomic E-state index is -0.917. The van der Waals surface area contributed by atoms with Gasteiger partial charge in [-0.2, -0.15) is 0 Å². The molecule has 4 aliphatic rings. The first kappa shape index (κ1) is 61.1. The summed E-state index contributed by atoms with van der Waals surface area (Å²) >= 11 is 0. The summed E-state index contributed by atoms with van der Waals surface area (Å²) in [6.07, 6.45) is 3.22. The zero-order valence-electron chi connectivity index (χ0n) is 48.5. The van der Waals surface area contributed by atoms with E-state index < -0.39 is 77.6 Å². The average molecular weight is 1060 g/mol. The number of aliphatic hydroxyl groups is 2. The van der Waals surface area contributed by atoms with Crippen molar-refractivity contribution in [2.45, 2.75) is 219 Å². The van der Waals surface area contributed by atoms with E-state index in [1.807, 2.05) is 53.7 Å². The van der Waals surface area contributed by atoms with E-state index in [2.05, 4.69) is 81.1 Å². The molecule has 2 aromatic rings. The maximum Gasteiger partial charge on any atom is 0.309 e. The van der Waals surface area contributed by atoms with Gasteiger partial charge in [0.15, 0.2) is 0 Å². The molecule has 1 unspecified atom stereocenters. The van der Waals surface area contributed by atoms with Gasteiger partial charge in [0.05, 0.1) is 60.4 Å². The van der Waals surface area contributed by atoms with Gasteiger partial charge in [-0.15, -0.1) is 5.10 Å². The van der Waals surface area contributed by atoms with Gasteiger partial charge in [-0.05, 0) is 115 Å². The number of halogens is 1. The fourth-order valence-electron chi connectivity index (χ4n) is 13.3. The number of nitrogens with zero attached hydrogens (tertiary/aromatic N) is 5. The number of ether oxygens (including phenoxy) is 6. The third-order valence-electron chi connectivity index (χ3n) is 18.1. The minimum absolute atomic E-state index is 0.0292. The van der Waals surface area contributed by atoms with E-state index in [1.165, 1.54) is 0 Å². The Kier molecular flexibility index (Phi) is 21.0. The summed E-state index contributed by atoms with van der Waals surface area (Å²) in [7, 11) is 7.36. The van der Waals surface area contributed by atoms with E-state index in [9.17, 15) is 24.2 Å². The predicted molar refractivity (Wildman–Crippen MR) is 287 cm³/mol. The third-order valence-corrected chi connectivity index (χ3v) is 18.1. The fraction of sp³-hybridized carbons (Fsp3) is 0.828. The number of amides is 1. The molecule has 6 rings (SSSR count). The molecule has 0 spiro atoms. The highest BCUT2D eigenvalue weighted by Gasteiger charge is 2.53. The number of rotatable bonds is 17. The number of aromatic nitrogens is 3. The highest BCUT2D eigenvalue weighted by molar-refractivity contribution is 5.94. The van der Waals surface area contributed by atoms with Gasteiger partial charge < -0.3 is 53.8 Å². The summed E-state index contributed by atoms with van der Waals surface area (Å²) in [4.78, 5) is 32.0. The number of carbonyl (C=O) groups is 2. The number of cyclic esters (lactones) is 1. The van der Waals surface area contributed by atoms with Crippen molar-refractivity contribution < 1.29 is 52.6 Å². The number of likely N-dealkylation sites (N-methyl/N-ethyl adjacent to an activating group) is 2. The number of nitrogens with one attached hydrogen (secondary N) is 1. The lowest BCUT2D eigenvalue weighted by Crippen LogP contribution is -2.59. The molecule has 1 saturated carbocycles. The Morgan fingerprint density at radius 3 is 2.28 bits per heavy atom. The fourth-order valence-corrected chi connectivity index (χ4v) is 13.3. The lowest BCUT2D eigenvalue weighted by atomic mass is 9.65. The summed E-state index contributed by atoms with van der Waals surface area (Å²) in [6, 6.07) is 6.60. The van der Waals surface area contributed by atoms with Crippen LogP contribution in [-0.2, 0) is 39.6 Å². The number of methoxy groups -OCH3 is 2. The van der Waals surface area contributed by atoms with Crippen molar-refractivity contribution >= 4 is 11.9 Å². The molecule has 17 heteroatoms. The SMILES string of the molecule is CC[C@H]1OC(=O)[C@H](C)[C@@H](C2C[C@@](C)(OC)[C@@H](O)[C@H](C)O2)[C@H](C)[C@@H](OC[C@H]2C[C@@H](N(C)CCc3cn([C@H](CF)[C@H](OC)c4ccc(C(=O)NC5CC5)cc4)nn3)C[C@@H](C)O2)C(C)(C)C[C@@H](C)CN(C)[C@H](C)[C@@H](O)C1(C)C. The zero-order chi connectivity index (χ0) is 55.3. The second-order valence-electron chi connectivity index (χ2n) is 25.0. The van der Waals surface area contributed by atoms with Crippen LogP contribution >= 0.6 is 0 Å². The van der Waals surface area contributed by atoms with E-state index in [4.69, 9.17) is 28.4 Å². The van der Waals surface area contributed by atoms with E-state index in [-0.39, 0.29) is 60.1 Å². The van der Waals surface area contributed by atoms with Crippen LogP contribution in [0.2, 0.25) is 0 Å². The van der Waals surface area contributed by atoms with E-state index in [1.54, 1.807) is 37.2 Å². The molecule has 0 radical (unpaired) electrons. The number of alkyl halides is 1. The van der Waals surface area contributed by atoms with Crippen LogP contribution in [0.3, 0.4) is 0 Å². The van der Waals surface area contributed by atoms with Crippen LogP contribution in [0, 0.1) is 34.5 Å². The highest BCUT2D eigenvalue weighted by Crippen LogP contribution is 2.47. The number of hydrogen-bond acceptors (Lipinski definition) is 14. The molecule has 3 N–H and O–H groups in total. The van der Waals surface area contributed by atoms with Crippen molar-refractivity contribution in [1.82, 2.24) is 30.1 Å². The highest BCUT2D eigenvalue weighted by atomic mass is 19.1. The Balaban J connectivity index is 1.20. The van der Waals surface area contributed by atoms with Crippen LogP contribution in [-0.4, -0.2) is 174 Å². The molecule has 4 fully saturated rings. The number of carbonyl (C=O) groups excluding carboxylic acids is 2. The number of hydrogen-bond donors (Lipinski definition) is 3. The molecular formula is C58H97FN6O10. The summed E-state index contributed by atoms with van der Waals surface area (Å²) in [6.45, 7) is 25.9. The van der Waals surface area contributed by atoms with Gasteiger partial charge in [0.25, 0.3) is 5.91 Å². The molecule has 426 valence electrons. The predicted octanol–water partition coefficient (Wildman–Crippen LogP) is 7.79.